The van der Waals surface area contributed by atoms with Crippen LogP contribution in [0.1, 0.15) is 25.3 Å². The zero-order valence-corrected chi connectivity index (χ0v) is 12.1. The van der Waals surface area contributed by atoms with Crippen LogP contribution in [0.15, 0.2) is 36.0 Å². The van der Waals surface area contributed by atoms with Crippen LogP contribution in [0.2, 0.25) is 0 Å². The van der Waals surface area contributed by atoms with E-state index in [1.165, 1.54) is 11.6 Å². The van der Waals surface area contributed by atoms with Gasteiger partial charge in [0.15, 0.2) is 0 Å². The lowest BCUT2D eigenvalue weighted by Crippen LogP contribution is -2.34. The summed E-state index contributed by atoms with van der Waals surface area (Å²) in [5, 5.41) is 11.8. The van der Waals surface area contributed by atoms with E-state index in [1.54, 1.807) is 0 Å². The maximum atomic E-state index is 12.0. The highest BCUT2D eigenvalue weighted by Gasteiger charge is 2.30. The van der Waals surface area contributed by atoms with Gasteiger partial charge in [0.1, 0.15) is 5.70 Å². The molecule has 1 aromatic carbocycles. The average Bonchev–Trinajstić information content (AvgIpc) is 2.75. The molecule has 1 heterocycles. The Hall–Kier alpha value is -2.14. The first-order chi connectivity index (χ1) is 10.2. The zero-order valence-electron chi connectivity index (χ0n) is 12.1. The summed E-state index contributed by atoms with van der Waals surface area (Å²) in [5.74, 6) is -0.791. The molecule has 0 saturated carbocycles. The first-order valence-corrected chi connectivity index (χ1v) is 7.20. The van der Waals surface area contributed by atoms with E-state index in [0.717, 1.165) is 29.8 Å². The predicted octanol–water partition coefficient (Wildman–Crippen LogP) is 1.69. The van der Waals surface area contributed by atoms with E-state index in [1.807, 2.05) is 24.3 Å². The minimum atomic E-state index is -0.399. The first kappa shape index (κ1) is 15.3. The van der Waals surface area contributed by atoms with Gasteiger partial charge in [-0.05, 0) is 30.5 Å². The molecule has 0 unspecified atom stereocenters. The number of carbonyl (C=O) groups is 2. The molecular weight excluding hydrogens is 268 g/mol. The van der Waals surface area contributed by atoms with Gasteiger partial charge in [0.25, 0.3) is 11.8 Å². The van der Waals surface area contributed by atoms with Gasteiger partial charge in [0.2, 0.25) is 0 Å². The highest BCUT2D eigenvalue weighted by molar-refractivity contribution is 6.17. The van der Waals surface area contributed by atoms with Gasteiger partial charge >= 0.3 is 0 Å². The van der Waals surface area contributed by atoms with Crippen molar-refractivity contribution in [3.8, 4) is 0 Å². The molecule has 0 aliphatic carbocycles. The van der Waals surface area contributed by atoms with Crippen LogP contribution >= 0.6 is 0 Å². The summed E-state index contributed by atoms with van der Waals surface area (Å²) in [5.41, 5.74) is 2.27. The molecule has 5 nitrogen and oxygen atoms in total. The van der Waals surface area contributed by atoms with Gasteiger partial charge in [0, 0.05) is 11.8 Å². The topological polar surface area (TPSA) is 69.6 Å². The van der Waals surface area contributed by atoms with E-state index < -0.39 is 11.8 Å². The number of nitrogens with zero attached hydrogens (tertiary/aromatic N) is 1. The number of hydrogen-bond acceptors (Lipinski definition) is 4. The van der Waals surface area contributed by atoms with Crippen LogP contribution < -0.4 is 5.32 Å². The van der Waals surface area contributed by atoms with Crippen LogP contribution in [0.25, 0.3) is 0 Å². The number of benzene rings is 1. The van der Waals surface area contributed by atoms with E-state index in [2.05, 4.69) is 12.2 Å². The number of imide groups is 1. The third-order valence-corrected chi connectivity index (χ3v) is 3.38. The summed E-state index contributed by atoms with van der Waals surface area (Å²) >= 11 is 0. The van der Waals surface area contributed by atoms with Crippen LogP contribution in [0, 0.1) is 0 Å². The maximum Gasteiger partial charge on any atom is 0.277 e. The number of amides is 2. The van der Waals surface area contributed by atoms with Crippen LogP contribution in [0.3, 0.4) is 0 Å². The molecule has 0 spiro atoms. The Morgan fingerprint density at radius 1 is 1.19 bits per heavy atom. The van der Waals surface area contributed by atoms with E-state index in [0.29, 0.717) is 0 Å². The van der Waals surface area contributed by atoms with E-state index >= 15 is 0 Å². The van der Waals surface area contributed by atoms with Gasteiger partial charge in [-0.15, -0.1) is 0 Å². The molecule has 0 saturated heterocycles. The Morgan fingerprint density at radius 2 is 1.90 bits per heavy atom. The third kappa shape index (κ3) is 3.70. The second-order valence-electron chi connectivity index (χ2n) is 5.00. The summed E-state index contributed by atoms with van der Waals surface area (Å²) in [6.07, 6.45) is 4.62. The fourth-order valence-electron chi connectivity index (χ4n) is 2.20. The van der Waals surface area contributed by atoms with Crippen molar-refractivity contribution in [1.82, 2.24) is 4.90 Å². The summed E-state index contributed by atoms with van der Waals surface area (Å²) in [4.78, 5) is 24.6. The molecule has 1 aliphatic heterocycles. The fraction of sp³-hybridized carbons (Fsp3) is 0.375. The predicted molar refractivity (Wildman–Crippen MR) is 80.6 cm³/mol. The molecule has 0 bridgehead atoms. The standard InChI is InChI=1S/C16H20N2O3/c1-2-3-4-12-5-7-13(8-6-12)17-14-11-15(20)18(9-10-19)16(14)21/h5-8,11,17,19H,2-4,9-10H2,1H3. The maximum absolute atomic E-state index is 12.0. The van der Waals surface area contributed by atoms with Crippen LogP contribution in [-0.2, 0) is 16.0 Å². The van der Waals surface area contributed by atoms with Gasteiger partial charge in [-0.1, -0.05) is 25.5 Å². The highest BCUT2D eigenvalue weighted by Crippen LogP contribution is 2.18. The van der Waals surface area contributed by atoms with Gasteiger partial charge in [-0.25, -0.2) is 0 Å². The molecule has 112 valence electrons. The molecule has 21 heavy (non-hydrogen) atoms. The van der Waals surface area contributed by atoms with Crippen molar-refractivity contribution in [2.75, 3.05) is 18.5 Å². The Bertz CT molecular complexity index is 549. The summed E-state index contributed by atoms with van der Waals surface area (Å²) in [6.45, 7) is 1.95. The minimum Gasteiger partial charge on any atom is -0.395 e. The van der Waals surface area contributed by atoms with E-state index in [9.17, 15) is 9.59 Å². The van der Waals surface area contributed by atoms with Crippen molar-refractivity contribution < 1.29 is 14.7 Å². The van der Waals surface area contributed by atoms with Gasteiger partial charge < -0.3 is 10.4 Å². The lowest BCUT2D eigenvalue weighted by atomic mass is 10.1. The molecule has 0 atom stereocenters. The number of β-amino-alcohol motifs (C(OH)–C–C–N with tert-alkyl or cyclic N) is 1. The molecule has 0 radical (unpaired) electrons. The second-order valence-corrected chi connectivity index (χ2v) is 5.00. The lowest BCUT2D eigenvalue weighted by molar-refractivity contribution is -0.137. The van der Waals surface area contributed by atoms with Crippen molar-refractivity contribution in [1.29, 1.82) is 0 Å². The highest BCUT2D eigenvalue weighted by atomic mass is 16.3. The molecular formula is C16H20N2O3. The quantitative estimate of drug-likeness (QED) is 0.749. The minimum absolute atomic E-state index is 0.0231. The van der Waals surface area contributed by atoms with Crippen molar-refractivity contribution in [2.24, 2.45) is 0 Å². The molecule has 2 N–H and O–H groups in total. The smallest absolute Gasteiger partial charge is 0.277 e. The SMILES string of the molecule is CCCCc1ccc(NC2=CC(=O)N(CCO)C2=O)cc1. The average molecular weight is 288 g/mol. The van der Waals surface area contributed by atoms with Crippen molar-refractivity contribution >= 4 is 17.5 Å². The van der Waals surface area contributed by atoms with E-state index in [4.69, 9.17) is 5.11 Å². The summed E-state index contributed by atoms with van der Waals surface area (Å²) in [7, 11) is 0. The molecule has 0 fully saturated rings. The van der Waals surface area contributed by atoms with Gasteiger partial charge in [-0.3, -0.25) is 14.5 Å². The molecule has 1 aromatic rings. The lowest BCUT2D eigenvalue weighted by Gasteiger charge is -2.13. The largest absolute Gasteiger partial charge is 0.395 e. The summed E-state index contributed by atoms with van der Waals surface area (Å²) < 4.78 is 0. The number of rotatable bonds is 7. The Morgan fingerprint density at radius 3 is 2.52 bits per heavy atom. The summed E-state index contributed by atoms with van der Waals surface area (Å²) in [6, 6.07) is 7.84. The number of carbonyl (C=O) groups excluding carboxylic acids is 2. The van der Waals surface area contributed by atoms with Gasteiger partial charge in [-0.2, -0.15) is 0 Å². The number of unbranched alkanes of at least 4 members (excludes halogenated alkanes) is 1. The number of aliphatic hydroxyl groups is 1. The van der Waals surface area contributed by atoms with Crippen molar-refractivity contribution in [3.63, 3.8) is 0 Å². The molecule has 5 heteroatoms. The second kappa shape index (κ2) is 7.04. The molecule has 2 rings (SSSR count). The third-order valence-electron chi connectivity index (χ3n) is 3.38. The number of aryl methyl sites for hydroxylation is 1. The number of aliphatic hydroxyl groups excluding tert-OH is 1. The zero-order chi connectivity index (χ0) is 15.2. The Labute approximate surface area is 124 Å². The first-order valence-electron chi connectivity index (χ1n) is 7.20. The van der Waals surface area contributed by atoms with E-state index in [-0.39, 0.29) is 18.8 Å². The monoisotopic (exact) mass is 288 g/mol. The van der Waals surface area contributed by atoms with Crippen molar-refractivity contribution in [3.05, 3.63) is 41.6 Å². The van der Waals surface area contributed by atoms with Gasteiger partial charge in [0.05, 0.1) is 13.2 Å². The van der Waals surface area contributed by atoms with Crippen LogP contribution in [-0.4, -0.2) is 35.0 Å². The number of nitrogens with one attached hydrogen (secondary N) is 1. The molecule has 0 aromatic heterocycles. The normalized spacial score (nSPS) is 14.6. The number of hydrogen-bond donors (Lipinski definition) is 2. The fourth-order valence-corrected chi connectivity index (χ4v) is 2.20. The van der Waals surface area contributed by atoms with Crippen LogP contribution in [0.5, 0.6) is 0 Å². The van der Waals surface area contributed by atoms with Crippen LogP contribution in [0.4, 0.5) is 5.69 Å². The Kier molecular flexibility index (Phi) is 5.11. The molecule has 2 amide bonds. The molecule has 1 aliphatic rings. The number of anilines is 1. The Balaban J connectivity index is 2.00. The van der Waals surface area contributed by atoms with Crippen molar-refractivity contribution in [2.45, 2.75) is 26.2 Å².